The zero-order valence-corrected chi connectivity index (χ0v) is 19.8. The number of carbonyl (C=O) groups excluding carboxylic acids is 2. The van der Waals surface area contributed by atoms with Gasteiger partial charge >= 0.3 is 0 Å². The Hall–Kier alpha value is -3.30. The van der Waals surface area contributed by atoms with Crippen LogP contribution >= 0.6 is 12.2 Å². The fourth-order valence-corrected chi connectivity index (χ4v) is 3.84. The molecule has 3 rings (SSSR count). The highest BCUT2D eigenvalue weighted by atomic mass is 32.1. The third-order valence-electron chi connectivity index (χ3n) is 5.41. The zero-order valence-electron chi connectivity index (χ0n) is 19.0. The maximum atomic E-state index is 12.8. The van der Waals surface area contributed by atoms with Crippen LogP contribution in [0.4, 0.5) is 5.69 Å². The summed E-state index contributed by atoms with van der Waals surface area (Å²) >= 11 is 5.33. The van der Waals surface area contributed by atoms with Crippen molar-refractivity contribution in [1.82, 2.24) is 14.5 Å². The number of nitrogens with zero attached hydrogens (tertiary/aromatic N) is 2. The molecule has 2 aromatic carbocycles. The van der Waals surface area contributed by atoms with E-state index in [1.807, 2.05) is 13.8 Å². The second-order valence-corrected chi connectivity index (χ2v) is 7.89. The second-order valence-electron chi connectivity index (χ2n) is 7.50. The van der Waals surface area contributed by atoms with E-state index >= 15 is 0 Å². The first-order valence-electron chi connectivity index (χ1n) is 10.9. The lowest BCUT2D eigenvalue weighted by atomic mass is 10.1. The minimum Gasteiger partial charge on any atom is -0.385 e. The number of nitrogens with one attached hydrogen (secondary N) is 2. The lowest BCUT2D eigenvalue weighted by Crippen LogP contribution is -2.30. The van der Waals surface area contributed by atoms with E-state index in [1.54, 1.807) is 54.5 Å². The third kappa shape index (κ3) is 5.55. The predicted molar refractivity (Wildman–Crippen MR) is 132 cm³/mol. The van der Waals surface area contributed by atoms with Crippen molar-refractivity contribution < 1.29 is 14.3 Å². The lowest BCUT2D eigenvalue weighted by Gasteiger charge is -2.18. The van der Waals surface area contributed by atoms with Gasteiger partial charge in [0.2, 0.25) is 0 Å². The number of rotatable bonds is 9. The monoisotopic (exact) mass is 468 g/mol. The maximum Gasteiger partial charge on any atom is 0.262 e. The summed E-state index contributed by atoms with van der Waals surface area (Å²) in [7, 11) is 1.61. The molecule has 0 spiro atoms. The highest BCUT2D eigenvalue weighted by molar-refractivity contribution is 7.71. The van der Waals surface area contributed by atoms with Gasteiger partial charge in [-0.05, 0) is 75.0 Å². The highest BCUT2D eigenvalue weighted by Gasteiger charge is 2.14. The van der Waals surface area contributed by atoms with E-state index in [0.717, 1.165) is 0 Å². The summed E-state index contributed by atoms with van der Waals surface area (Å²) in [5.74, 6) is -0.376. The molecule has 0 bridgehead atoms. The normalized spacial score (nSPS) is 10.9. The van der Waals surface area contributed by atoms with Crippen molar-refractivity contribution in [2.75, 3.05) is 32.1 Å². The molecule has 33 heavy (non-hydrogen) atoms. The van der Waals surface area contributed by atoms with Crippen LogP contribution in [-0.4, -0.2) is 53.1 Å². The van der Waals surface area contributed by atoms with Crippen LogP contribution in [0.1, 0.15) is 41.0 Å². The minimum atomic E-state index is -0.330. The molecule has 1 aromatic heterocycles. The van der Waals surface area contributed by atoms with Crippen molar-refractivity contribution in [1.29, 1.82) is 0 Å². The summed E-state index contributed by atoms with van der Waals surface area (Å²) in [6.07, 6.45) is 0.666. The van der Waals surface area contributed by atoms with E-state index in [9.17, 15) is 14.4 Å². The molecule has 2 amide bonds. The molecule has 0 saturated carbocycles. The summed E-state index contributed by atoms with van der Waals surface area (Å²) in [6, 6.07) is 11.6. The van der Waals surface area contributed by atoms with Crippen LogP contribution in [0.2, 0.25) is 0 Å². The molecule has 174 valence electrons. The number of H-pyrrole nitrogens is 1. The number of aromatic nitrogens is 2. The first-order valence-corrected chi connectivity index (χ1v) is 11.3. The van der Waals surface area contributed by atoms with E-state index in [-0.39, 0.29) is 17.4 Å². The molecule has 9 heteroatoms. The fourth-order valence-electron chi connectivity index (χ4n) is 3.56. The van der Waals surface area contributed by atoms with Gasteiger partial charge in [-0.15, -0.1) is 0 Å². The molecule has 0 aliphatic carbocycles. The number of anilines is 1. The van der Waals surface area contributed by atoms with Crippen LogP contribution in [0.25, 0.3) is 10.9 Å². The Kier molecular flexibility index (Phi) is 8.13. The van der Waals surface area contributed by atoms with Gasteiger partial charge in [0.15, 0.2) is 4.77 Å². The molecule has 0 unspecified atom stereocenters. The van der Waals surface area contributed by atoms with E-state index in [4.69, 9.17) is 17.0 Å². The van der Waals surface area contributed by atoms with Gasteiger partial charge in [-0.3, -0.25) is 19.0 Å². The minimum absolute atomic E-state index is 0.0458. The van der Waals surface area contributed by atoms with E-state index in [2.05, 4.69) is 10.3 Å². The van der Waals surface area contributed by atoms with Crippen LogP contribution < -0.4 is 10.9 Å². The van der Waals surface area contributed by atoms with Crippen molar-refractivity contribution >= 4 is 40.6 Å². The lowest BCUT2D eigenvalue weighted by molar-refractivity contribution is 0.0773. The Bertz CT molecular complexity index is 1260. The van der Waals surface area contributed by atoms with E-state index in [1.165, 1.54) is 4.57 Å². The molecule has 0 aliphatic rings. The predicted octanol–water partition coefficient (Wildman–Crippen LogP) is 3.83. The van der Waals surface area contributed by atoms with E-state index < -0.39 is 0 Å². The average Bonchev–Trinajstić information content (AvgIpc) is 2.82. The molecule has 0 atom stereocenters. The number of carbonyl (C=O) groups is 2. The van der Waals surface area contributed by atoms with Crippen LogP contribution in [0.3, 0.4) is 0 Å². The molecule has 0 fully saturated rings. The number of benzene rings is 2. The number of ether oxygens (including phenoxy) is 1. The van der Waals surface area contributed by atoms with Gasteiger partial charge in [0.05, 0.1) is 10.9 Å². The zero-order chi connectivity index (χ0) is 24.0. The summed E-state index contributed by atoms with van der Waals surface area (Å²) in [5.41, 5.74) is 1.81. The van der Waals surface area contributed by atoms with Gasteiger partial charge in [-0.25, -0.2) is 0 Å². The topological polar surface area (TPSA) is 96.4 Å². The molecule has 0 saturated heterocycles. The van der Waals surface area contributed by atoms with Crippen molar-refractivity contribution in [3.05, 3.63) is 68.7 Å². The van der Waals surface area contributed by atoms with Gasteiger partial charge in [-0.2, -0.15) is 0 Å². The largest absolute Gasteiger partial charge is 0.385 e. The van der Waals surface area contributed by atoms with Gasteiger partial charge in [0.25, 0.3) is 17.4 Å². The van der Waals surface area contributed by atoms with Crippen molar-refractivity contribution in [3.8, 4) is 0 Å². The van der Waals surface area contributed by atoms with Gasteiger partial charge < -0.3 is 19.9 Å². The number of hydrogen-bond acceptors (Lipinski definition) is 5. The number of hydrogen-bond donors (Lipinski definition) is 2. The fraction of sp³-hybridized carbons (Fsp3) is 0.333. The Labute approximate surface area is 197 Å². The van der Waals surface area contributed by atoms with E-state index in [0.29, 0.717) is 65.2 Å². The summed E-state index contributed by atoms with van der Waals surface area (Å²) in [4.78, 5) is 42.8. The van der Waals surface area contributed by atoms with Crippen LogP contribution in [0.5, 0.6) is 0 Å². The first-order chi connectivity index (χ1) is 15.9. The quantitative estimate of drug-likeness (QED) is 0.368. The number of methoxy groups -OCH3 is 1. The molecule has 2 N–H and O–H groups in total. The van der Waals surface area contributed by atoms with Crippen LogP contribution in [0.15, 0.2) is 47.3 Å². The Morgan fingerprint density at radius 1 is 1.09 bits per heavy atom. The van der Waals surface area contributed by atoms with Crippen molar-refractivity contribution in [2.45, 2.75) is 26.8 Å². The number of fused-ring (bicyclic) bond motifs is 1. The Morgan fingerprint density at radius 2 is 1.76 bits per heavy atom. The molecule has 0 radical (unpaired) electrons. The Morgan fingerprint density at radius 3 is 2.39 bits per heavy atom. The second kappa shape index (κ2) is 11.0. The molecule has 8 nitrogen and oxygen atoms in total. The Balaban J connectivity index is 1.79. The summed E-state index contributed by atoms with van der Waals surface area (Å²) < 4.78 is 6.84. The van der Waals surface area contributed by atoms with Crippen LogP contribution in [0, 0.1) is 4.77 Å². The SMILES string of the molecule is CCN(CC)C(=O)c1ccc(NC(=O)c2ccc3c(=O)n(CCCOC)c(=S)[nH]c3c2)cc1. The third-order valence-corrected chi connectivity index (χ3v) is 5.74. The molecule has 0 aliphatic heterocycles. The van der Waals surface area contributed by atoms with Gasteiger partial charge in [0.1, 0.15) is 0 Å². The number of aromatic amines is 1. The highest BCUT2D eigenvalue weighted by Crippen LogP contribution is 2.16. The van der Waals surface area contributed by atoms with Crippen molar-refractivity contribution in [2.24, 2.45) is 0 Å². The summed E-state index contributed by atoms with van der Waals surface area (Å²) in [5, 5.41) is 3.28. The smallest absolute Gasteiger partial charge is 0.262 e. The standard InChI is InChI=1S/C24H28N4O4S/c1-4-27(5-2)22(30)16-7-10-18(11-8-16)25-21(29)17-9-12-19-20(15-17)26-24(33)28(23(19)31)13-6-14-32-3/h7-12,15H,4-6,13-14H2,1-3H3,(H,25,29)(H,26,33). The first kappa shape index (κ1) is 24.3. The van der Waals surface area contributed by atoms with Gasteiger partial charge in [0, 0.05) is 50.2 Å². The molecular weight excluding hydrogens is 440 g/mol. The maximum absolute atomic E-state index is 12.8. The van der Waals surface area contributed by atoms with Crippen LogP contribution in [-0.2, 0) is 11.3 Å². The molecular formula is C24H28N4O4S. The molecule has 1 heterocycles. The summed E-state index contributed by atoms with van der Waals surface area (Å²) in [6.45, 7) is 6.12. The van der Waals surface area contributed by atoms with Crippen molar-refractivity contribution in [3.63, 3.8) is 0 Å². The molecule has 3 aromatic rings. The van der Waals surface area contributed by atoms with Gasteiger partial charge in [-0.1, -0.05) is 0 Å². The number of amides is 2. The average molecular weight is 469 g/mol.